The van der Waals surface area contributed by atoms with E-state index in [1.807, 2.05) is 0 Å². The minimum atomic E-state index is -0.0761. The summed E-state index contributed by atoms with van der Waals surface area (Å²) < 4.78 is 0. The summed E-state index contributed by atoms with van der Waals surface area (Å²) in [5.74, 6) is 1.52. The van der Waals surface area contributed by atoms with E-state index in [1.165, 1.54) is 19.2 Å². The Balaban J connectivity index is 1.80. The van der Waals surface area contributed by atoms with Crippen molar-refractivity contribution in [3.8, 4) is 0 Å². The van der Waals surface area contributed by atoms with Gasteiger partial charge in [-0.1, -0.05) is 0 Å². The van der Waals surface area contributed by atoms with Crippen molar-refractivity contribution in [2.75, 3.05) is 24.5 Å². The van der Waals surface area contributed by atoms with Crippen LogP contribution < -0.4 is 15.8 Å². The Hall–Kier alpha value is -1.36. The van der Waals surface area contributed by atoms with Gasteiger partial charge in [-0.15, -0.1) is 0 Å². The van der Waals surface area contributed by atoms with Gasteiger partial charge in [0.25, 0.3) is 5.56 Å². The Morgan fingerprint density at radius 3 is 3.19 bits per heavy atom. The molecule has 2 aliphatic heterocycles. The molecule has 0 aliphatic carbocycles. The maximum atomic E-state index is 11.2. The summed E-state index contributed by atoms with van der Waals surface area (Å²) in [5.41, 5.74) is -0.0761. The Bertz CT molecular complexity index is 416. The van der Waals surface area contributed by atoms with Crippen molar-refractivity contribution in [1.82, 2.24) is 15.3 Å². The first-order valence-corrected chi connectivity index (χ1v) is 5.86. The molecule has 0 radical (unpaired) electrons. The summed E-state index contributed by atoms with van der Waals surface area (Å²) >= 11 is 0. The Morgan fingerprint density at radius 1 is 1.44 bits per heavy atom. The van der Waals surface area contributed by atoms with Gasteiger partial charge in [-0.3, -0.25) is 4.79 Å². The van der Waals surface area contributed by atoms with Crippen molar-refractivity contribution < 1.29 is 0 Å². The summed E-state index contributed by atoms with van der Waals surface area (Å²) in [5, 5.41) is 3.54. The number of rotatable bonds is 1. The van der Waals surface area contributed by atoms with Gasteiger partial charge in [0.05, 0.1) is 6.33 Å². The van der Waals surface area contributed by atoms with Gasteiger partial charge in [-0.05, 0) is 25.3 Å². The van der Waals surface area contributed by atoms with Crippen molar-refractivity contribution >= 4 is 5.82 Å². The highest BCUT2D eigenvalue weighted by Crippen LogP contribution is 2.27. The molecule has 2 fully saturated rings. The van der Waals surface area contributed by atoms with E-state index in [4.69, 9.17) is 0 Å². The van der Waals surface area contributed by atoms with E-state index in [-0.39, 0.29) is 5.56 Å². The summed E-state index contributed by atoms with van der Waals surface area (Å²) in [6.45, 7) is 3.12. The molecule has 0 aromatic carbocycles. The van der Waals surface area contributed by atoms with E-state index in [2.05, 4.69) is 20.2 Å². The minimum absolute atomic E-state index is 0.0761. The molecule has 2 saturated heterocycles. The Morgan fingerprint density at radius 2 is 2.38 bits per heavy atom. The highest BCUT2D eigenvalue weighted by Gasteiger charge is 2.34. The van der Waals surface area contributed by atoms with Gasteiger partial charge in [0, 0.05) is 25.2 Å². The maximum absolute atomic E-state index is 11.2. The molecular weight excluding hydrogens is 204 g/mol. The molecule has 0 spiro atoms. The second kappa shape index (κ2) is 3.90. The molecule has 3 rings (SSSR count). The lowest BCUT2D eigenvalue weighted by molar-refractivity contribution is 0.340. The molecule has 1 aromatic rings. The van der Waals surface area contributed by atoms with Crippen LogP contribution in [-0.2, 0) is 0 Å². The number of aromatic nitrogens is 2. The predicted octanol–water partition coefficient (Wildman–Crippen LogP) is -0.0419. The first kappa shape index (κ1) is 9.84. The zero-order chi connectivity index (χ0) is 11.0. The van der Waals surface area contributed by atoms with Crippen LogP contribution in [0.15, 0.2) is 17.2 Å². The first-order chi connectivity index (χ1) is 7.83. The molecule has 3 heterocycles. The molecule has 5 heteroatoms. The van der Waals surface area contributed by atoms with Crippen LogP contribution in [0.3, 0.4) is 0 Å². The van der Waals surface area contributed by atoms with Crippen LogP contribution in [0.2, 0.25) is 0 Å². The van der Waals surface area contributed by atoms with Crippen LogP contribution in [0.4, 0.5) is 5.82 Å². The number of nitrogens with zero attached hydrogens (tertiary/aromatic N) is 2. The number of hydrogen-bond donors (Lipinski definition) is 2. The topological polar surface area (TPSA) is 61.0 Å². The number of piperidine rings is 1. The van der Waals surface area contributed by atoms with Crippen LogP contribution >= 0.6 is 0 Å². The molecule has 0 saturated carbocycles. The lowest BCUT2D eigenvalue weighted by Gasteiger charge is -2.24. The van der Waals surface area contributed by atoms with Crippen molar-refractivity contribution in [2.45, 2.75) is 18.9 Å². The van der Waals surface area contributed by atoms with Gasteiger partial charge in [-0.2, -0.15) is 0 Å². The van der Waals surface area contributed by atoms with E-state index in [1.54, 1.807) is 6.07 Å². The predicted molar refractivity (Wildman–Crippen MR) is 61.6 cm³/mol. The number of aromatic amines is 1. The monoisotopic (exact) mass is 220 g/mol. The van der Waals surface area contributed by atoms with Gasteiger partial charge in [-0.25, -0.2) is 4.98 Å². The van der Waals surface area contributed by atoms with Gasteiger partial charge >= 0.3 is 0 Å². The number of nitrogens with one attached hydrogen (secondary N) is 2. The van der Waals surface area contributed by atoms with Crippen LogP contribution in [-0.4, -0.2) is 35.6 Å². The van der Waals surface area contributed by atoms with Gasteiger partial charge in [0.1, 0.15) is 5.82 Å². The highest BCUT2D eigenvalue weighted by molar-refractivity contribution is 5.39. The quantitative estimate of drug-likeness (QED) is 0.697. The second-order valence-electron chi connectivity index (χ2n) is 4.64. The number of H-pyrrole nitrogens is 1. The van der Waals surface area contributed by atoms with E-state index >= 15 is 0 Å². The average Bonchev–Trinajstić information content (AvgIpc) is 2.72. The van der Waals surface area contributed by atoms with Crippen molar-refractivity contribution in [2.24, 2.45) is 5.92 Å². The van der Waals surface area contributed by atoms with Crippen LogP contribution in [0, 0.1) is 5.92 Å². The van der Waals surface area contributed by atoms with Crippen LogP contribution in [0.5, 0.6) is 0 Å². The molecule has 0 unspecified atom stereocenters. The maximum Gasteiger partial charge on any atom is 0.252 e. The Labute approximate surface area is 93.9 Å². The molecule has 16 heavy (non-hydrogen) atoms. The fraction of sp³-hybridized carbons (Fsp3) is 0.636. The van der Waals surface area contributed by atoms with Crippen molar-refractivity contribution in [3.63, 3.8) is 0 Å². The normalized spacial score (nSPS) is 29.1. The standard InChI is InChI=1S/C11H16N4O/c16-11-4-10(13-7-14-11)15-5-8-2-1-3-12-9(8)6-15/h4,7-9,12H,1-3,5-6H2,(H,13,14,16)/t8-,9+/m0/s1. The van der Waals surface area contributed by atoms with Crippen molar-refractivity contribution in [3.05, 3.63) is 22.7 Å². The Kier molecular flexibility index (Phi) is 2.40. The highest BCUT2D eigenvalue weighted by atomic mass is 16.1. The molecule has 5 nitrogen and oxygen atoms in total. The fourth-order valence-electron chi connectivity index (χ4n) is 2.76. The number of anilines is 1. The molecule has 2 N–H and O–H groups in total. The first-order valence-electron chi connectivity index (χ1n) is 5.86. The third kappa shape index (κ3) is 1.71. The summed E-state index contributed by atoms with van der Waals surface area (Å²) in [7, 11) is 0. The van der Waals surface area contributed by atoms with E-state index < -0.39 is 0 Å². The fourth-order valence-corrected chi connectivity index (χ4v) is 2.76. The molecule has 1 aromatic heterocycles. The summed E-state index contributed by atoms with van der Waals surface area (Å²) in [6.07, 6.45) is 4.03. The molecule has 2 aliphatic rings. The molecule has 2 atom stereocenters. The lowest BCUT2D eigenvalue weighted by atomic mass is 9.94. The second-order valence-corrected chi connectivity index (χ2v) is 4.64. The van der Waals surface area contributed by atoms with E-state index in [0.29, 0.717) is 6.04 Å². The van der Waals surface area contributed by atoms with Gasteiger partial charge in [0.2, 0.25) is 0 Å². The van der Waals surface area contributed by atoms with Gasteiger partial charge in [0.15, 0.2) is 0 Å². The minimum Gasteiger partial charge on any atom is -0.354 e. The average molecular weight is 220 g/mol. The molecular formula is C11H16N4O. The summed E-state index contributed by atoms with van der Waals surface area (Å²) in [6, 6.07) is 2.16. The zero-order valence-electron chi connectivity index (χ0n) is 9.15. The molecule has 86 valence electrons. The number of hydrogen-bond acceptors (Lipinski definition) is 4. The van der Waals surface area contributed by atoms with Crippen molar-refractivity contribution in [1.29, 1.82) is 0 Å². The third-order valence-corrected chi connectivity index (χ3v) is 3.59. The third-order valence-electron chi connectivity index (χ3n) is 3.59. The number of fused-ring (bicyclic) bond motifs is 1. The van der Waals surface area contributed by atoms with E-state index in [9.17, 15) is 4.79 Å². The zero-order valence-corrected chi connectivity index (χ0v) is 9.15. The van der Waals surface area contributed by atoms with Crippen LogP contribution in [0.25, 0.3) is 0 Å². The lowest BCUT2D eigenvalue weighted by Crippen LogP contribution is -2.40. The van der Waals surface area contributed by atoms with Crippen LogP contribution in [0.1, 0.15) is 12.8 Å². The largest absolute Gasteiger partial charge is 0.354 e. The molecule has 0 amide bonds. The van der Waals surface area contributed by atoms with E-state index in [0.717, 1.165) is 31.4 Å². The smallest absolute Gasteiger partial charge is 0.252 e. The molecule has 0 bridgehead atoms. The SMILES string of the molecule is O=c1cc(N2C[C@@H]3CCCN[C@@H]3C2)nc[nH]1. The van der Waals surface area contributed by atoms with Gasteiger partial charge < -0.3 is 15.2 Å². The summed E-state index contributed by atoms with van der Waals surface area (Å²) in [4.78, 5) is 20.2.